The maximum absolute atomic E-state index is 11.4. The molecule has 3 rings (SSSR count). The number of aromatic nitrogens is 2. The molecule has 2 aromatic heterocycles. The largest absolute Gasteiger partial charge is 0.380 e. The number of piperidine rings is 1. The van der Waals surface area contributed by atoms with Crippen molar-refractivity contribution in [3.63, 3.8) is 0 Å². The Labute approximate surface area is 147 Å². The average Bonchev–Trinajstić information content (AvgIpc) is 2.55. The number of aldehydes is 1. The number of halogens is 1. The molecule has 0 aromatic carbocycles. The Morgan fingerprint density at radius 2 is 2.00 bits per heavy atom. The summed E-state index contributed by atoms with van der Waals surface area (Å²) in [6.07, 6.45) is 4.47. The molecule has 6 heteroatoms. The van der Waals surface area contributed by atoms with Crippen LogP contribution >= 0.6 is 11.6 Å². The van der Waals surface area contributed by atoms with E-state index in [1.807, 2.05) is 6.07 Å². The molecule has 0 bridgehead atoms. The minimum atomic E-state index is 0.192. The third kappa shape index (κ3) is 3.52. The van der Waals surface area contributed by atoms with Crippen LogP contribution in [0.4, 0.5) is 5.69 Å². The third-order valence-corrected chi connectivity index (χ3v) is 4.84. The van der Waals surface area contributed by atoms with E-state index in [1.165, 1.54) is 0 Å². The second kappa shape index (κ2) is 6.65. The van der Waals surface area contributed by atoms with E-state index < -0.39 is 0 Å². The number of carbonyl (C=O) groups excluding carboxylic acids is 1. The number of hydrogen-bond donors (Lipinski definition) is 1. The summed E-state index contributed by atoms with van der Waals surface area (Å²) < 4.78 is 0. The molecule has 2 aromatic rings. The summed E-state index contributed by atoms with van der Waals surface area (Å²) in [5, 5.41) is 3.92. The monoisotopic (exact) mass is 346 g/mol. The maximum Gasteiger partial charge on any atom is 0.153 e. The van der Waals surface area contributed by atoms with Gasteiger partial charge in [0.25, 0.3) is 0 Å². The Balaban J connectivity index is 1.85. The molecule has 1 aliphatic heterocycles. The first kappa shape index (κ1) is 17.1. The quantitative estimate of drug-likeness (QED) is 0.677. The highest BCUT2D eigenvalue weighted by Crippen LogP contribution is 2.28. The number of nitrogens with zero attached hydrogens (tertiary/aromatic N) is 3. The molecule has 1 aliphatic rings. The number of pyridine rings is 2. The van der Waals surface area contributed by atoms with Crippen LogP contribution in [0.5, 0.6) is 0 Å². The highest BCUT2D eigenvalue weighted by atomic mass is 35.5. The molecule has 24 heavy (non-hydrogen) atoms. The van der Waals surface area contributed by atoms with Gasteiger partial charge in [-0.15, -0.1) is 0 Å². The molecule has 3 heterocycles. The van der Waals surface area contributed by atoms with Gasteiger partial charge in [-0.05, 0) is 45.7 Å². The number of carbonyl (C=O) groups is 1. The van der Waals surface area contributed by atoms with Crippen molar-refractivity contribution >= 4 is 34.6 Å². The van der Waals surface area contributed by atoms with Gasteiger partial charge < -0.3 is 5.32 Å². The Morgan fingerprint density at radius 1 is 1.29 bits per heavy atom. The summed E-state index contributed by atoms with van der Waals surface area (Å²) in [5.74, 6) is 0. The molecule has 0 atom stereocenters. The first-order valence-electron chi connectivity index (χ1n) is 8.30. The van der Waals surface area contributed by atoms with Crippen molar-refractivity contribution in [3.8, 4) is 0 Å². The van der Waals surface area contributed by atoms with E-state index in [0.29, 0.717) is 22.3 Å². The van der Waals surface area contributed by atoms with Gasteiger partial charge in [-0.25, -0.2) is 4.98 Å². The standard InChI is InChI=1S/C18H23ClN4O/c1-18(2,3)23-8-6-13(7-9-23)21-16-12(11-24)10-20-14-4-5-15(19)22-17(14)16/h4-5,10-11,13H,6-9H2,1-3H3,(H,20,21). The van der Waals surface area contributed by atoms with Gasteiger partial charge in [-0.3, -0.25) is 14.7 Å². The summed E-state index contributed by atoms with van der Waals surface area (Å²) in [6.45, 7) is 8.80. The highest BCUT2D eigenvalue weighted by molar-refractivity contribution is 6.29. The minimum Gasteiger partial charge on any atom is -0.380 e. The molecule has 5 nitrogen and oxygen atoms in total. The van der Waals surface area contributed by atoms with Gasteiger partial charge in [0.05, 0.1) is 16.8 Å². The molecule has 0 saturated carbocycles. The predicted molar refractivity (Wildman–Crippen MR) is 97.9 cm³/mol. The van der Waals surface area contributed by atoms with Crippen LogP contribution in [0, 0.1) is 0 Å². The van der Waals surface area contributed by atoms with E-state index >= 15 is 0 Å². The van der Waals surface area contributed by atoms with Gasteiger partial charge in [0.1, 0.15) is 10.7 Å². The van der Waals surface area contributed by atoms with Gasteiger partial charge in [-0.2, -0.15) is 0 Å². The fourth-order valence-corrected chi connectivity index (χ4v) is 3.34. The van der Waals surface area contributed by atoms with Crippen molar-refractivity contribution in [1.29, 1.82) is 0 Å². The second-order valence-corrected chi connectivity index (χ2v) is 7.67. The molecule has 128 valence electrons. The molecule has 0 aliphatic carbocycles. The van der Waals surface area contributed by atoms with Crippen molar-refractivity contribution in [2.75, 3.05) is 18.4 Å². The Kier molecular flexibility index (Phi) is 4.74. The first-order chi connectivity index (χ1) is 11.4. The van der Waals surface area contributed by atoms with Crippen molar-refractivity contribution in [2.24, 2.45) is 0 Å². The van der Waals surface area contributed by atoms with E-state index in [2.05, 4.69) is 41.0 Å². The third-order valence-electron chi connectivity index (χ3n) is 4.63. The molecule has 1 fully saturated rings. The van der Waals surface area contributed by atoms with Crippen molar-refractivity contribution in [1.82, 2.24) is 14.9 Å². The molecular weight excluding hydrogens is 324 g/mol. The molecular formula is C18H23ClN4O. The Hall–Kier alpha value is -1.72. The second-order valence-electron chi connectivity index (χ2n) is 7.28. The maximum atomic E-state index is 11.4. The van der Waals surface area contributed by atoms with Gasteiger partial charge in [-0.1, -0.05) is 11.6 Å². The van der Waals surface area contributed by atoms with Crippen molar-refractivity contribution in [2.45, 2.75) is 45.2 Å². The summed E-state index contributed by atoms with van der Waals surface area (Å²) in [4.78, 5) is 22.6. The van der Waals surface area contributed by atoms with Gasteiger partial charge >= 0.3 is 0 Å². The average molecular weight is 347 g/mol. The Bertz CT molecular complexity index is 749. The number of anilines is 1. The number of likely N-dealkylation sites (tertiary alicyclic amines) is 1. The number of rotatable bonds is 3. The Morgan fingerprint density at radius 3 is 2.62 bits per heavy atom. The fourth-order valence-electron chi connectivity index (χ4n) is 3.20. The normalized spacial score (nSPS) is 17.2. The van der Waals surface area contributed by atoms with Gasteiger partial charge in [0, 0.05) is 30.9 Å². The summed E-state index contributed by atoms with van der Waals surface area (Å²) in [5.41, 5.74) is 2.85. The minimum absolute atomic E-state index is 0.192. The molecule has 1 N–H and O–H groups in total. The lowest BCUT2D eigenvalue weighted by Crippen LogP contribution is -2.48. The zero-order valence-corrected chi connectivity index (χ0v) is 15.1. The van der Waals surface area contributed by atoms with Crippen LogP contribution in [0.1, 0.15) is 44.0 Å². The van der Waals surface area contributed by atoms with Crippen LogP contribution in [0.3, 0.4) is 0 Å². The van der Waals surface area contributed by atoms with Crippen molar-refractivity contribution < 1.29 is 4.79 Å². The van der Waals surface area contributed by atoms with Gasteiger partial charge in [0.15, 0.2) is 6.29 Å². The zero-order chi connectivity index (χ0) is 17.3. The van der Waals surface area contributed by atoms with Crippen molar-refractivity contribution in [3.05, 3.63) is 29.0 Å². The summed E-state index contributed by atoms with van der Waals surface area (Å²) in [6, 6.07) is 3.85. The number of nitrogens with one attached hydrogen (secondary N) is 1. The van der Waals surface area contributed by atoms with E-state index in [1.54, 1.807) is 12.3 Å². The first-order valence-corrected chi connectivity index (χ1v) is 8.68. The van der Waals surface area contributed by atoms with Gasteiger partial charge in [0.2, 0.25) is 0 Å². The van der Waals surface area contributed by atoms with E-state index in [0.717, 1.165) is 43.4 Å². The van der Waals surface area contributed by atoms with Crippen LogP contribution in [0.25, 0.3) is 11.0 Å². The van der Waals surface area contributed by atoms with Crippen LogP contribution in [0.2, 0.25) is 5.15 Å². The molecule has 0 amide bonds. The van der Waals surface area contributed by atoms with E-state index in [4.69, 9.17) is 11.6 Å². The lowest BCUT2D eigenvalue weighted by molar-refractivity contribution is 0.106. The molecule has 1 saturated heterocycles. The molecule has 0 spiro atoms. The number of fused-ring (bicyclic) bond motifs is 1. The lowest BCUT2D eigenvalue weighted by atomic mass is 9.97. The fraction of sp³-hybridized carbons (Fsp3) is 0.500. The van der Waals surface area contributed by atoms with Crippen LogP contribution in [-0.2, 0) is 0 Å². The summed E-state index contributed by atoms with van der Waals surface area (Å²) >= 11 is 6.04. The predicted octanol–water partition coefficient (Wildman–Crippen LogP) is 3.77. The molecule has 0 radical (unpaired) electrons. The van der Waals surface area contributed by atoms with Crippen LogP contribution in [-0.4, -0.2) is 45.8 Å². The smallest absolute Gasteiger partial charge is 0.153 e. The highest BCUT2D eigenvalue weighted by Gasteiger charge is 2.27. The summed E-state index contributed by atoms with van der Waals surface area (Å²) in [7, 11) is 0. The van der Waals surface area contributed by atoms with Crippen LogP contribution < -0.4 is 5.32 Å². The topological polar surface area (TPSA) is 58.1 Å². The van der Waals surface area contributed by atoms with E-state index in [-0.39, 0.29) is 5.54 Å². The van der Waals surface area contributed by atoms with Crippen LogP contribution in [0.15, 0.2) is 18.3 Å². The van der Waals surface area contributed by atoms with E-state index in [9.17, 15) is 4.79 Å². The lowest BCUT2D eigenvalue weighted by Gasteiger charge is -2.41. The SMILES string of the molecule is CC(C)(C)N1CCC(Nc2c(C=O)cnc3ccc(Cl)nc23)CC1. The number of hydrogen-bond acceptors (Lipinski definition) is 5. The zero-order valence-electron chi connectivity index (χ0n) is 14.3. The molecule has 0 unspecified atom stereocenters.